The van der Waals surface area contributed by atoms with Crippen molar-refractivity contribution in [3.63, 3.8) is 0 Å². The minimum Gasteiger partial charge on any atom is -0.358 e. The SMILES string of the molecule is Cc1cc(C)c2c(C3CNCCN3C)c(C)[nH]c2c1. The normalized spacial score (nSPS) is 21.2. The van der Waals surface area contributed by atoms with E-state index in [0.717, 1.165) is 19.6 Å². The summed E-state index contributed by atoms with van der Waals surface area (Å²) in [5.41, 5.74) is 6.77. The van der Waals surface area contributed by atoms with E-state index in [1.807, 2.05) is 0 Å². The smallest absolute Gasteiger partial charge is 0.0494 e. The van der Waals surface area contributed by atoms with Crippen molar-refractivity contribution in [2.75, 3.05) is 26.7 Å². The first-order chi connectivity index (χ1) is 9.08. The van der Waals surface area contributed by atoms with Crippen molar-refractivity contribution < 1.29 is 0 Å². The van der Waals surface area contributed by atoms with Crippen molar-refractivity contribution in [2.45, 2.75) is 26.8 Å². The highest BCUT2D eigenvalue weighted by atomic mass is 15.2. The fraction of sp³-hybridized carbons (Fsp3) is 0.500. The number of aryl methyl sites for hydroxylation is 3. The Morgan fingerprint density at radius 2 is 2.00 bits per heavy atom. The zero-order valence-electron chi connectivity index (χ0n) is 12.3. The van der Waals surface area contributed by atoms with Crippen molar-refractivity contribution in [3.8, 4) is 0 Å². The van der Waals surface area contributed by atoms with Gasteiger partial charge < -0.3 is 10.3 Å². The summed E-state index contributed by atoms with van der Waals surface area (Å²) < 4.78 is 0. The van der Waals surface area contributed by atoms with Crippen LogP contribution in [0, 0.1) is 20.8 Å². The summed E-state index contributed by atoms with van der Waals surface area (Å²) in [7, 11) is 2.23. The molecule has 3 nitrogen and oxygen atoms in total. The molecule has 0 aliphatic carbocycles. The van der Waals surface area contributed by atoms with Crippen LogP contribution in [0.5, 0.6) is 0 Å². The highest BCUT2D eigenvalue weighted by molar-refractivity contribution is 5.89. The van der Waals surface area contributed by atoms with E-state index in [2.05, 4.69) is 55.2 Å². The number of hydrogen-bond acceptors (Lipinski definition) is 2. The Labute approximate surface area is 115 Å². The van der Waals surface area contributed by atoms with Crippen LogP contribution < -0.4 is 5.32 Å². The molecule has 0 spiro atoms. The Morgan fingerprint density at radius 1 is 1.21 bits per heavy atom. The Morgan fingerprint density at radius 3 is 2.74 bits per heavy atom. The van der Waals surface area contributed by atoms with Gasteiger partial charge in [-0.1, -0.05) is 6.07 Å². The van der Waals surface area contributed by atoms with Gasteiger partial charge in [-0.2, -0.15) is 0 Å². The number of nitrogens with one attached hydrogen (secondary N) is 2. The van der Waals surface area contributed by atoms with Gasteiger partial charge in [-0.15, -0.1) is 0 Å². The predicted molar refractivity (Wildman–Crippen MR) is 80.8 cm³/mol. The number of piperazine rings is 1. The number of fused-ring (bicyclic) bond motifs is 1. The zero-order chi connectivity index (χ0) is 13.6. The molecular weight excluding hydrogens is 234 g/mol. The second-order valence-corrected chi connectivity index (χ2v) is 5.87. The van der Waals surface area contributed by atoms with Gasteiger partial charge in [0.1, 0.15) is 0 Å². The van der Waals surface area contributed by atoms with Gasteiger partial charge in [0.15, 0.2) is 0 Å². The maximum Gasteiger partial charge on any atom is 0.0494 e. The maximum absolute atomic E-state index is 3.57. The van der Waals surface area contributed by atoms with Crippen LogP contribution in [0.1, 0.15) is 28.4 Å². The molecular formula is C16H23N3. The quantitative estimate of drug-likeness (QED) is 0.823. The summed E-state index contributed by atoms with van der Waals surface area (Å²) in [6, 6.07) is 5.02. The van der Waals surface area contributed by atoms with Crippen molar-refractivity contribution in [1.82, 2.24) is 15.2 Å². The van der Waals surface area contributed by atoms with Gasteiger partial charge >= 0.3 is 0 Å². The second-order valence-electron chi connectivity index (χ2n) is 5.87. The second kappa shape index (κ2) is 4.66. The highest BCUT2D eigenvalue weighted by Gasteiger charge is 2.25. The first-order valence-corrected chi connectivity index (χ1v) is 7.08. The molecule has 2 heterocycles. The number of nitrogens with zero attached hydrogens (tertiary/aromatic N) is 1. The van der Waals surface area contributed by atoms with E-state index in [-0.39, 0.29) is 0 Å². The number of aromatic amines is 1. The van der Waals surface area contributed by atoms with Gasteiger partial charge in [0, 0.05) is 42.3 Å². The average molecular weight is 257 g/mol. The fourth-order valence-electron chi connectivity index (χ4n) is 3.43. The summed E-state index contributed by atoms with van der Waals surface area (Å²) in [5, 5.41) is 4.94. The lowest BCUT2D eigenvalue weighted by Gasteiger charge is -2.33. The fourth-order valence-corrected chi connectivity index (χ4v) is 3.43. The van der Waals surface area contributed by atoms with Gasteiger partial charge in [-0.25, -0.2) is 0 Å². The van der Waals surface area contributed by atoms with Crippen LogP contribution in [0.4, 0.5) is 0 Å². The number of hydrogen-bond donors (Lipinski definition) is 2. The van der Waals surface area contributed by atoms with Gasteiger partial charge in [0.25, 0.3) is 0 Å². The molecule has 2 N–H and O–H groups in total. The van der Waals surface area contributed by atoms with Crippen LogP contribution in [0.25, 0.3) is 10.9 Å². The molecule has 1 unspecified atom stereocenters. The van der Waals surface area contributed by atoms with Gasteiger partial charge in [0.2, 0.25) is 0 Å². The van der Waals surface area contributed by atoms with Crippen molar-refractivity contribution in [2.24, 2.45) is 0 Å². The van der Waals surface area contributed by atoms with E-state index in [0.29, 0.717) is 6.04 Å². The van der Waals surface area contributed by atoms with Gasteiger partial charge in [0.05, 0.1) is 0 Å². The van der Waals surface area contributed by atoms with Crippen LogP contribution in [-0.4, -0.2) is 36.6 Å². The molecule has 0 saturated carbocycles. The minimum atomic E-state index is 0.476. The zero-order valence-corrected chi connectivity index (χ0v) is 12.3. The molecule has 102 valence electrons. The van der Waals surface area contributed by atoms with Crippen LogP contribution >= 0.6 is 0 Å². The van der Waals surface area contributed by atoms with E-state index in [4.69, 9.17) is 0 Å². The predicted octanol–water partition coefficient (Wildman–Crippen LogP) is 2.67. The molecule has 0 radical (unpaired) electrons. The molecule has 19 heavy (non-hydrogen) atoms. The first-order valence-electron chi connectivity index (χ1n) is 7.08. The third-order valence-corrected chi connectivity index (χ3v) is 4.32. The summed E-state index contributed by atoms with van der Waals surface area (Å²) in [6.07, 6.45) is 0. The van der Waals surface area contributed by atoms with E-state index in [1.165, 1.54) is 33.3 Å². The molecule has 1 aliphatic rings. The summed E-state index contributed by atoms with van der Waals surface area (Å²) in [6.45, 7) is 9.83. The third kappa shape index (κ3) is 2.07. The molecule has 1 aromatic heterocycles. The lowest BCUT2D eigenvalue weighted by molar-refractivity contribution is 0.203. The summed E-state index contributed by atoms with van der Waals surface area (Å²) in [5.74, 6) is 0. The van der Waals surface area contributed by atoms with E-state index in [9.17, 15) is 0 Å². The van der Waals surface area contributed by atoms with E-state index < -0.39 is 0 Å². The van der Waals surface area contributed by atoms with Gasteiger partial charge in [-0.3, -0.25) is 4.90 Å². The van der Waals surface area contributed by atoms with Crippen LogP contribution in [0.3, 0.4) is 0 Å². The average Bonchev–Trinajstić information content (AvgIpc) is 2.66. The number of benzene rings is 1. The van der Waals surface area contributed by atoms with Crippen molar-refractivity contribution >= 4 is 10.9 Å². The van der Waals surface area contributed by atoms with Crippen LogP contribution in [0.2, 0.25) is 0 Å². The largest absolute Gasteiger partial charge is 0.358 e. The topological polar surface area (TPSA) is 31.1 Å². The third-order valence-electron chi connectivity index (χ3n) is 4.32. The molecule has 3 rings (SSSR count). The lowest BCUT2D eigenvalue weighted by Crippen LogP contribution is -2.44. The Kier molecular flexibility index (Phi) is 3.11. The number of rotatable bonds is 1. The number of aromatic nitrogens is 1. The standard InChI is InChI=1S/C16H23N3/c1-10-7-11(2)15-13(8-10)18-12(3)16(15)14-9-17-5-6-19(14)4/h7-8,14,17-18H,5-6,9H2,1-4H3. The molecule has 1 saturated heterocycles. The molecule has 0 bridgehead atoms. The van der Waals surface area contributed by atoms with E-state index in [1.54, 1.807) is 0 Å². The van der Waals surface area contributed by atoms with Crippen LogP contribution in [0.15, 0.2) is 12.1 Å². The molecule has 1 aliphatic heterocycles. The molecule has 1 aromatic carbocycles. The maximum atomic E-state index is 3.57. The highest BCUT2D eigenvalue weighted by Crippen LogP contribution is 2.34. The molecule has 0 amide bonds. The molecule has 1 atom stereocenters. The molecule has 3 heteroatoms. The van der Waals surface area contributed by atoms with E-state index >= 15 is 0 Å². The Hall–Kier alpha value is -1.32. The van der Waals surface area contributed by atoms with Crippen molar-refractivity contribution in [3.05, 3.63) is 34.5 Å². The van der Waals surface area contributed by atoms with Gasteiger partial charge in [-0.05, 0) is 50.6 Å². The lowest BCUT2D eigenvalue weighted by atomic mass is 9.96. The monoisotopic (exact) mass is 257 g/mol. The minimum absolute atomic E-state index is 0.476. The number of H-pyrrole nitrogens is 1. The van der Waals surface area contributed by atoms with Crippen molar-refractivity contribution in [1.29, 1.82) is 0 Å². The Bertz CT molecular complexity index is 612. The molecule has 1 fully saturated rings. The van der Waals surface area contributed by atoms with Crippen LogP contribution in [-0.2, 0) is 0 Å². The summed E-state index contributed by atoms with van der Waals surface area (Å²) in [4.78, 5) is 6.04. The molecule has 2 aromatic rings. The summed E-state index contributed by atoms with van der Waals surface area (Å²) >= 11 is 0. The Balaban J connectivity index is 2.20. The number of likely N-dealkylation sites (N-methyl/N-ethyl adjacent to an activating group) is 1. The first kappa shape index (κ1) is 12.7.